The van der Waals surface area contributed by atoms with Crippen LogP contribution in [0, 0.1) is 19.7 Å². The first kappa shape index (κ1) is 23.6. The SMILES string of the molecule is Cc1sc(-c2ccc(F)cc2)cc1C1=C(c2c(C)n(C)c3ncccc23)C(F)(F)C(F)(F)C1(F)F. The van der Waals surface area contributed by atoms with Crippen LogP contribution >= 0.6 is 11.3 Å². The van der Waals surface area contributed by atoms with Crippen molar-refractivity contribution in [2.24, 2.45) is 7.05 Å². The average molecular weight is 510 g/mol. The second kappa shape index (κ2) is 7.43. The lowest BCUT2D eigenvalue weighted by Gasteiger charge is -2.25. The smallest absolute Gasteiger partial charge is 0.332 e. The van der Waals surface area contributed by atoms with E-state index in [1.54, 1.807) is 0 Å². The Labute approximate surface area is 199 Å². The first-order valence-corrected chi connectivity index (χ1v) is 11.3. The maximum atomic E-state index is 15.4. The van der Waals surface area contributed by atoms with Gasteiger partial charge in [-0.05, 0) is 55.3 Å². The van der Waals surface area contributed by atoms with Gasteiger partial charge in [-0.2, -0.15) is 26.3 Å². The zero-order valence-electron chi connectivity index (χ0n) is 18.6. The van der Waals surface area contributed by atoms with E-state index in [-0.39, 0.29) is 27.2 Å². The molecule has 182 valence electrons. The van der Waals surface area contributed by atoms with Crippen molar-refractivity contribution in [1.82, 2.24) is 9.55 Å². The van der Waals surface area contributed by atoms with E-state index in [4.69, 9.17) is 0 Å². The molecule has 0 N–H and O–H groups in total. The highest BCUT2D eigenvalue weighted by molar-refractivity contribution is 7.15. The molecule has 0 aliphatic heterocycles. The predicted molar refractivity (Wildman–Crippen MR) is 122 cm³/mol. The third-order valence-electron chi connectivity index (χ3n) is 6.47. The molecule has 0 amide bonds. The van der Waals surface area contributed by atoms with Crippen LogP contribution in [0.4, 0.5) is 30.7 Å². The van der Waals surface area contributed by atoms with E-state index < -0.39 is 40.3 Å². The Kier molecular flexibility index (Phi) is 5.01. The molecule has 5 rings (SSSR count). The molecule has 2 nitrogen and oxygen atoms in total. The van der Waals surface area contributed by atoms with Crippen LogP contribution < -0.4 is 0 Å². The number of thiophene rings is 1. The molecule has 0 saturated carbocycles. The van der Waals surface area contributed by atoms with Crippen LogP contribution in [0.1, 0.15) is 21.7 Å². The van der Waals surface area contributed by atoms with Gasteiger partial charge >= 0.3 is 17.8 Å². The van der Waals surface area contributed by atoms with Gasteiger partial charge < -0.3 is 4.57 Å². The Morgan fingerprint density at radius 3 is 2.17 bits per heavy atom. The molecule has 35 heavy (non-hydrogen) atoms. The van der Waals surface area contributed by atoms with Crippen molar-refractivity contribution < 1.29 is 30.7 Å². The fourth-order valence-electron chi connectivity index (χ4n) is 4.59. The molecule has 1 aliphatic carbocycles. The molecule has 0 unspecified atom stereocenters. The molecule has 10 heteroatoms. The van der Waals surface area contributed by atoms with Gasteiger partial charge in [0.15, 0.2) is 0 Å². The summed E-state index contributed by atoms with van der Waals surface area (Å²) in [4.78, 5) is 4.62. The number of halogens is 7. The van der Waals surface area contributed by atoms with Crippen molar-refractivity contribution in [3.63, 3.8) is 0 Å². The van der Waals surface area contributed by atoms with Gasteiger partial charge in [0.2, 0.25) is 0 Å². The second-order valence-corrected chi connectivity index (χ2v) is 9.71. The lowest BCUT2D eigenvalue weighted by Crippen LogP contribution is -2.48. The Morgan fingerprint density at radius 2 is 1.51 bits per heavy atom. The largest absolute Gasteiger partial charge is 0.380 e. The molecule has 0 spiro atoms. The van der Waals surface area contributed by atoms with Crippen LogP contribution in [0.25, 0.3) is 32.6 Å². The van der Waals surface area contributed by atoms with Gasteiger partial charge in [-0.3, -0.25) is 0 Å². The van der Waals surface area contributed by atoms with Gasteiger partial charge in [0.05, 0.1) is 0 Å². The summed E-state index contributed by atoms with van der Waals surface area (Å²) in [6, 6.07) is 9.13. The van der Waals surface area contributed by atoms with E-state index >= 15 is 17.6 Å². The van der Waals surface area contributed by atoms with Crippen LogP contribution in [0.2, 0.25) is 0 Å². The normalized spacial score (nSPS) is 18.6. The van der Waals surface area contributed by atoms with Crippen LogP contribution in [-0.2, 0) is 7.05 Å². The first-order valence-electron chi connectivity index (χ1n) is 10.5. The fraction of sp³-hybridized carbons (Fsp3) is 0.240. The number of hydrogen-bond acceptors (Lipinski definition) is 2. The highest BCUT2D eigenvalue weighted by Crippen LogP contribution is 2.66. The molecule has 1 aromatic carbocycles. The number of alkyl halides is 6. The highest BCUT2D eigenvalue weighted by Gasteiger charge is 2.80. The number of hydrogen-bond donors (Lipinski definition) is 0. The number of rotatable bonds is 3. The number of benzene rings is 1. The standard InChI is InChI=1S/C25H17F7N2S/c1-12-19(16-5-4-10-33-22(16)34(12)3)21-20(23(27,28)25(31,32)24(21,29)30)17-11-18(35-13(17)2)14-6-8-15(26)9-7-14/h4-11H,1-3H3. The average Bonchev–Trinajstić information content (AvgIpc) is 3.32. The maximum absolute atomic E-state index is 15.4. The molecule has 0 fully saturated rings. The minimum atomic E-state index is -5.66. The van der Waals surface area contributed by atoms with E-state index in [0.717, 1.165) is 23.5 Å². The van der Waals surface area contributed by atoms with Crippen molar-refractivity contribution in [2.45, 2.75) is 31.6 Å². The van der Waals surface area contributed by atoms with Crippen molar-refractivity contribution in [3.8, 4) is 10.4 Å². The lowest BCUT2D eigenvalue weighted by molar-refractivity contribution is -0.254. The molecule has 0 atom stereocenters. The van der Waals surface area contributed by atoms with Crippen LogP contribution in [0.5, 0.6) is 0 Å². The molecular weight excluding hydrogens is 493 g/mol. The summed E-state index contributed by atoms with van der Waals surface area (Å²) in [6.45, 7) is 2.80. The predicted octanol–water partition coefficient (Wildman–Crippen LogP) is 7.89. The summed E-state index contributed by atoms with van der Waals surface area (Å²) in [5.74, 6) is -16.5. The molecule has 1 aliphatic rings. The topological polar surface area (TPSA) is 17.8 Å². The number of pyridine rings is 1. The second-order valence-electron chi connectivity index (χ2n) is 8.45. The number of aromatic nitrogens is 2. The Bertz CT molecular complexity index is 1510. The highest BCUT2D eigenvalue weighted by atomic mass is 32.1. The summed E-state index contributed by atoms with van der Waals surface area (Å²) < 4.78 is 106. The minimum Gasteiger partial charge on any atom is -0.332 e. The van der Waals surface area contributed by atoms with Crippen molar-refractivity contribution in [3.05, 3.63) is 76.2 Å². The Hall–Kier alpha value is -3.14. The third kappa shape index (κ3) is 3.05. The fourth-order valence-corrected chi connectivity index (χ4v) is 5.63. The Morgan fingerprint density at radius 1 is 0.886 bits per heavy atom. The first-order chi connectivity index (χ1) is 16.3. The third-order valence-corrected chi connectivity index (χ3v) is 7.57. The van der Waals surface area contributed by atoms with Gasteiger partial charge in [-0.15, -0.1) is 11.3 Å². The van der Waals surface area contributed by atoms with E-state index in [2.05, 4.69) is 4.98 Å². The zero-order chi connectivity index (χ0) is 25.5. The van der Waals surface area contributed by atoms with Gasteiger partial charge in [0.25, 0.3) is 0 Å². The number of allylic oxidation sites excluding steroid dienone is 2. The van der Waals surface area contributed by atoms with Gasteiger partial charge in [0, 0.05) is 50.8 Å². The maximum Gasteiger partial charge on any atom is 0.380 e. The van der Waals surface area contributed by atoms with Gasteiger partial charge in [0.1, 0.15) is 11.5 Å². The van der Waals surface area contributed by atoms with Crippen LogP contribution in [-0.4, -0.2) is 27.3 Å². The molecule has 0 bridgehead atoms. The summed E-state index contributed by atoms with van der Waals surface area (Å²) in [5, 5.41) is 0.0693. The molecule has 0 saturated heterocycles. The molecular formula is C25H17F7N2S. The molecule has 0 radical (unpaired) electrons. The van der Waals surface area contributed by atoms with Crippen LogP contribution in [0.15, 0.2) is 48.7 Å². The van der Waals surface area contributed by atoms with Crippen molar-refractivity contribution in [1.29, 1.82) is 0 Å². The van der Waals surface area contributed by atoms with Crippen LogP contribution in [0.3, 0.4) is 0 Å². The zero-order valence-corrected chi connectivity index (χ0v) is 19.4. The van der Waals surface area contributed by atoms with E-state index in [0.29, 0.717) is 10.4 Å². The summed E-state index contributed by atoms with van der Waals surface area (Å²) >= 11 is 0.974. The van der Waals surface area contributed by atoms with E-state index in [1.165, 1.54) is 62.0 Å². The lowest BCUT2D eigenvalue weighted by atomic mass is 9.93. The Balaban J connectivity index is 1.88. The summed E-state index contributed by atoms with van der Waals surface area (Å²) in [5.41, 5.74) is -2.85. The van der Waals surface area contributed by atoms with E-state index in [1.807, 2.05) is 0 Å². The monoisotopic (exact) mass is 510 g/mol. The summed E-state index contributed by atoms with van der Waals surface area (Å²) in [6.07, 6.45) is 1.40. The van der Waals surface area contributed by atoms with Crippen molar-refractivity contribution in [2.75, 3.05) is 0 Å². The number of nitrogens with zero attached hydrogens (tertiary/aromatic N) is 2. The minimum absolute atomic E-state index is 0.0693. The van der Waals surface area contributed by atoms with E-state index in [9.17, 15) is 13.2 Å². The quantitative estimate of drug-likeness (QED) is 0.256. The van der Waals surface area contributed by atoms with Gasteiger partial charge in [-0.25, -0.2) is 9.37 Å². The number of aryl methyl sites for hydroxylation is 2. The molecule has 3 aromatic heterocycles. The molecule has 3 heterocycles. The summed E-state index contributed by atoms with van der Waals surface area (Å²) in [7, 11) is 1.50. The van der Waals surface area contributed by atoms with Crippen molar-refractivity contribution >= 4 is 33.5 Å². The van der Waals surface area contributed by atoms with Gasteiger partial charge in [-0.1, -0.05) is 12.1 Å². The number of fused-ring (bicyclic) bond motifs is 1. The molecule has 4 aromatic rings.